The number of urea groups is 1. The summed E-state index contributed by atoms with van der Waals surface area (Å²) in [6, 6.07) is 10.2. The molecule has 27 heavy (non-hydrogen) atoms. The summed E-state index contributed by atoms with van der Waals surface area (Å²) >= 11 is 3.29. The molecule has 0 unspecified atom stereocenters. The van der Waals surface area contributed by atoms with Gasteiger partial charge < -0.3 is 9.84 Å². The highest BCUT2D eigenvalue weighted by molar-refractivity contribution is 9.10. The molecule has 0 spiro atoms. The summed E-state index contributed by atoms with van der Waals surface area (Å²) in [5.41, 5.74) is 0.602. The molecular weight excluding hydrogens is 416 g/mol. The molecule has 3 rings (SSSR count). The maximum absolute atomic E-state index is 12.8. The van der Waals surface area contributed by atoms with Crippen LogP contribution >= 0.6 is 15.9 Å². The number of carbonyl (C=O) groups is 3. The molecule has 2 N–H and O–H groups in total. The van der Waals surface area contributed by atoms with E-state index in [-0.39, 0.29) is 17.1 Å². The summed E-state index contributed by atoms with van der Waals surface area (Å²) in [7, 11) is 0. The Morgan fingerprint density at radius 3 is 2.52 bits per heavy atom. The van der Waals surface area contributed by atoms with Crippen LogP contribution in [-0.4, -0.2) is 29.6 Å². The average Bonchev–Trinajstić information content (AvgIpc) is 2.63. The van der Waals surface area contributed by atoms with E-state index in [9.17, 15) is 19.5 Å². The first kappa shape index (κ1) is 18.7. The Labute approximate surface area is 163 Å². The van der Waals surface area contributed by atoms with Gasteiger partial charge in [-0.15, -0.1) is 0 Å². The van der Waals surface area contributed by atoms with Gasteiger partial charge >= 0.3 is 6.03 Å². The van der Waals surface area contributed by atoms with Crippen LogP contribution in [0, 0.1) is 0 Å². The number of rotatable bonds is 4. The molecule has 2 aromatic carbocycles. The van der Waals surface area contributed by atoms with E-state index in [0.717, 1.165) is 9.37 Å². The van der Waals surface area contributed by atoms with Crippen LogP contribution < -0.4 is 15.0 Å². The Kier molecular flexibility index (Phi) is 5.27. The number of halogens is 1. The first-order valence-corrected chi connectivity index (χ1v) is 8.83. The molecule has 138 valence electrons. The number of imide groups is 2. The number of benzene rings is 2. The Morgan fingerprint density at radius 2 is 1.85 bits per heavy atom. The second kappa shape index (κ2) is 7.63. The third kappa shape index (κ3) is 3.85. The maximum Gasteiger partial charge on any atom is 0.335 e. The predicted octanol–water partition coefficient (Wildman–Crippen LogP) is 3.22. The monoisotopic (exact) mass is 430 g/mol. The van der Waals surface area contributed by atoms with Gasteiger partial charge in [0.25, 0.3) is 11.8 Å². The number of ether oxygens (including phenoxy) is 1. The topological polar surface area (TPSA) is 95.9 Å². The minimum Gasteiger partial charge on any atom is -0.504 e. The van der Waals surface area contributed by atoms with Crippen molar-refractivity contribution in [2.45, 2.75) is 6.92 Å². The Morgan fingerprint density at radius 1 is 1.15 bits per heavy atom. The SMILES string of the molecule is CCOc1cc(C=C2C(=O)NC(=O)N(c3ccc(Br)cc3)C2=O)ccc1O. The van der Waals surface area contributed by atoms with Gasteiger partial charge in [-0.1, -0.05) is 22.0 Å². The molecule has 0 bridgehead atoms. The van der Waals surface area contributed by atoms with Gasteiger partial charge in [0.05, 0.1) is 12.3 Å². The standard InChI is InChI=1S/C19H15BrN2O5/c1-2-27-16-10-11(3-8-15(16)23)9-14-17(24)21-19(26)22(18(14)25)13-6-4-12(20)5-7-13/h3-10,23H,2H2,1H3,(H,21,24,26). The summed E-state index contributed by atoms with van der Waals surface area (Å²) in [6.45, 7) is 2.11. The first-order chi connectivity index (χ1) is 12.9. The van der Waals surface area contributed by atoms with Crippen LogP contribution in [0.1, 0.15) is 12.5 Å². The second-order valence-corrected chi connectivity index (χ2v) is 6.51. The van der Waals surface area contributed by atoms with Crippen LogP contribution in [0.4, 0.5) is 10.5 Å². The van der Waals surface area contributed by atoms with Crippen molar-refractivity contribution in [1.29, 1.82) is 0 Å². The highest BCUT2D eigenvalue weighted by Gasteiger charge is 2.36. The van der Waals surface area contributed by atoms with Gasteiger partial charge in [-0.3, -0.25) is 14.9 Å². The van der Waals surface area contributed by atoms with E-state index in [1.165, 1.54) is 24.3 Å². The van der Waals surface area contributed by atoms with Gasteiger partial charge in [0.15, 0.2) is 11.5 Å². The van der Waals surface area contributed by atoms with Crippen molar-refractivity contribution in [3.63, 3.8) is 0 Å². The summed E-state index contributed by atoms with van der Waals surface area (Å²) in [4.78, 5) is 38.0. The van der Waals surface area contributed by atoms with Gasteiger partial charge in [0.1, 0.15) is 5.57 Å². The van der Waals surface area contributed by atoms with Crippen molar-refractivity contribution >= 4 is 45.5 Å². The number of nitrogens with zero attached hydrogens (tertiary/aromatic N) is 1. The fourth-order valence-electron chi connectivity index (χ4n) is 2.54. The van der Waals surface area contributed by atoms with Crippen LogP contribution in [0.3, 0.4) is 0 Å². The Balaban J connectivity index is 1.99. The number of barbiturate groups is 1. The van der Waals surface area contributed by atoms with E-state index in [4.69, 9.17) is 4.74 Å². The molecule has 0 aliphatic carbocycles. The normalized spacial score (nSPS) is 15.9. The molecule has 0 atom stereocenters. The van der Waals surface area contributed by atoms with Gasteiger partial charge in [0, 0.05) is 4.47 Å². The van der Waals surface area contributed by atoms with Crippen LogP contribution in [-0.2, 0) is 9.59 Å². The van der Waals surface area contributed by atoms with Gasteiger partial charge in [0.2, 0.25) is 0 Å². The third-order valence-corrected chi connectivity index (χ3v) is 4.31. The average molecular weight is 431 g/mol. The fourth-order valence-corrected chi connectivity index (χ4v) is 2.80. The quantitative estimate of drug-likeness (QED) is 0.573. The van der Waals surface area contributed by atoms with E-state index in [0.29, 0.717) is 17.9 Å². The predicted molar refractivity (Wildman–Crippen MR) is 102 cm³/mol. The second-order valence-electron chi connectivity index (χ2n) is 5.59. The smallest absolute Gasteiger partial charge is 0.335 e. The molecule has 7 nitrogen and oxygen atoms in total. The number of hydrogen-bond donors (Lipinski definition) is 2. The molecule has 1 fully saturated rings. The minimum absolute atomic E-state index is 0.0508. The lowest BCUT2D eigenvalue weighted by atomic mass is 10.1. The highest BCUT2D eigenvalue weighted by atomic mass is 79.9. The van der Waals surface area contributed by atoms with E-state index < -0.39 is 17.8 Å². The third-order valence-electron chi connectivity index (χ3n) is 3.78. The van der Waals surface area contributed by atoms with Crippen molar-refractivity contribution in [3.8, 4) is 11.5 Å². The Hall–Kier alpha value is -3.13. The number of hydrogen-bond acceptors (Lipinski definition) is 5. The van der Waals surface area contributed by atoms with E-state index in [1.807, 2.05) is 0 Å². The summed E-state index contributed by atoms with van der Waals surface area (Å²) in [5.74, 6) is -1.34. The first-order valence-electron chi connectivity index (χ1n) is 8.03. The van der Waals surface area contributed by atoms with Crippen molar-refractivity contribution in [2.75, 3.05) is 11.5 Å². The van der Waals surface area contributed by atoms with Crippen molar-refractivity contribution < 1.29 is 24.2 Å². The maximum atomic E-state index is 12.8. The number of amides is 4. The zero-order valence-electron chi connectivity index (χ0n) is 14.2. The molecular formula is C19H15BrN2O5. The number of aromatic hydroxyl groups is 1. The molecule has 0 radical (unpaired) electrons. The van der Waals surface area contributed by atoms with Gasteiger partial charge in [-0.05, 0) is 55.0 Å². The van der Waals surface area contributed by atoms with Crippen LogP contribution in [0.2, 0.25) is 0 Å². The number of carbonyl (C=O) groups excluding carboxylic acids is 3. The highest BCUT2D eigenvalue weighted by Crippen LogP contribution is 2.29. The van der Waals surface area contributed by atoms with Gasteiger partial charge in [-0.2, -0.15) is 0 Å². The molecule has 1 saturated heterocycles. The minimum atomic E-state index is -0.815. The largest absolute Gasteiger partial charge is 0.504 e. The van der Waals surface area contributed by atoms with Crippen molar-refractivity contribution in [2.24, 2.45) is 0 Å². The molecule has 1 aliphatic heterocycles. The molecule has 8 heteroatoms. The fraction of sp³-hybridized carbons (Fsp3) is 0.105. The number of phenols is 1. The van der Waals surface area contributed by atoms with Crippen LogP contribution in [0.15, 0.2) is 52.5 Å². The number of anilines is 1. The lowest BCUT2D eigenvalue weighted by Gasteiger charge is -2.26. The number of nitrogens with one attached hydrogen (secondary N) is 1. The molecule has 4 amide bonds. The van der Waals surface area contributed by atoms with E-state index >= 15 is 0 Å². The van der Waals surface area contributed by atoms with E-state index in [1.54, 1.807) is 31.2 Å². The molecule has 0 aromatic heterocycles. The molecule has 0 saturated carbocycles. The van der Waals surface area contributed by atoms with Crippen molar-refractivity contribution in [1.82, 2.24) is 5.32 Å². The summed E-state index contributed by atoms with van der Waals surface area (Å²) in [6.07, 6.45) is 1.35. The summed E-state index contributed by atoms with van der Waals surface area (Å²) < 4.78 is 6.09. The zero-order chi connectivity index (χ0) is 19.6. The Bertz CT molecular complexity index is 953. The van der Waals surface area contributed by atoms with Gasteiger partial charge in [-0.25, -0.2) is 9.69 Å². The summed E-state index contributed by atoms with van der Waals surface area (Å²) in [5, 5.41) is 11.9. The molecule has 1 aliphatic rings. The lowest BCUT2D eigenvalue weighted by molar-refractivity contribution is -0.122. The molecule has 1 heterocycles. The number of phenolic OH excluding ortho intramolecular Hbond substituents is 1. The van der Waals surface area contributed by atoms with Crippen molar-refractivity contribution in [3.05, 3.63) is 58.1 Å². The van der Waals surface area contributed by atoms with Crippen LogP contribution in [0.25, 0.3) is 6.08 Å². The molecule has 2 aromatic rings. The van der Waals surface area contributed by atoms with Crippen LogP contribution in [0.5, 0.6) is 11.5 Å². The van der Waals surface area contributed by atoms with E-state index in [2.05, 4.69) is 21.2 Å². The lowest BCUT2D eigenvalue weighted by Crippen LogP contribution is -2.54. The zero-order valence-corrected chi connectivity index (χ0v) is 15.8.